The van der Waals surface area contributed by atoms with Crippen molar-refractivity contribution in [3.63, 3.8) is 0 Å². The Hall–Kier alpha value is -0.570. The monoisotopic (exact) mass is 233 g/mol. The highest BCUT2D eigenvalue weighted by atomic mass is 16.5. The first-order valence-electron chi connectivity index (χ1n) is 6.42. The van der Waals surface area contributed by atoms with Gasteiger partial charge in [0.1, 0.15) is 6.61 Å². The minimum Gasteiger partial charge on any atom is -0.372 e. The van der Waals surface area contributed by atoms with Gasteiger partial charge >= 0.3 is 0 Å². The Kier molecular flexibility index (Phi) is 31.1. The van der Waals surface area contributed by atoms with Gasteiger partial charge in [-0.05, 0) is 6.42 Å². The van der Waals surface area contributed by atoms with Crippen LogP contribution >= 0.6 is 0 Å². The maximum atomic E-state index is 10.5. The van der Waals surface area contributed by atoms with Crippen LogP contribution in [-0.2, 0) is 9.53 Å². The first kappa shape index (κ1) is 20.8. The number of unbranched alkanes of at least 4 members (excludes halogenated alkanes) is 1. The number of amides is 1. The summed E-state index contributed by atoms with van der Waals surface area (Å²) in [7, 11) is 1.59. The van der Waals surface area contributed by atoms with Gasteiger partial charge in [0.25, 0.3) is 0 Å². The molecule has 0 heterocycles. The molecule has 1 amide bonds. The average molecular weight is 233 g/mol. The fourth-order valence-corrected chi connectivity index (χ4v) is 0.381. The number of carbonyl (C=O) groups is 1. The van der Waals surface area contributed by atoms with Crippen molar-refractivity contribution in [3.8, 4) is 0 Å². The van der Waals surface area contributed by atoms with Crippen molar-refractivity contribution in [2.75, 3.05) is 20.3 Å². The van der Waals surface area contributed by atoms with Crippen molar-refractivity contribution in [1.29, 1.82) is 0 Å². The summed E-state index contributed by atoms with van der Waals surface area (Å²) in [5.74, 6) is -0.0662. The van der Waals surface area contributed by atoms with Gasteiger partial charge in [-0.1, -0.05) is 53.9 Å². The lowest BCUT2D eigenvalue weighted by Crippen LogP contribution is -2.23. The van der Waals surface area contributed by atoms with Gasteiger partial charge in [0.15, 0.2) is 0 Å². The number of carbonyl (C=O) groups excluding carboxylic acids is 1. The van der Waals surface area contributed by atoms with Crippen LogP contribution in [0.1, 0.15) is 60.3 Å². The third kappa shape index (κ3) is 37.6. The molecular weight excluding hydrogens is 202 g/mol. The lowest BCUT2D eigenvalue weighted by atomic mass is 10.4. The Labute approximate surface area is 102 Å². The summed E-state index contributed by atoms with van der Waals surface area (Å²) < 4.78 is 4.92. The summed E-state index contributed by atoms with van der Waals surface area (Å²) in [6.45, 7) is 11.5. The molecule has 0 saturated heterocycles. The standard InChI is InChI=1S/C6H13NO2.C4H10.C3H8/c1-3-4-9-5-6(8)7-2;1-3-4-2;1-3-2/h3-5H2,1-2H3,(H,7,8);3-4H2,1-2H3;3H2,1-2H3. The van der Waals surface area contributed by atoms with E-state index in [0.717, 1.165) is 6.42 Å². The first-order valence-corrected chi connectivity index (χ1v) is 6.42. The second-order valence-electron chi connectivity index (χ2n) is 3.43. The Bertz CT molecular complexity index is 115. The Morgan fingerprint density at radius 2 is 1.44 bits per heavy atom. The molecule has 16 heavy (non-hydrogen) atoms. The number of nitrogens with one attached hydrogen (secondary N) is 1. The third-order valence-electron chi connectivity index (χ3n) is 1.36. The average Bonchev–Trinajstić information content (AvgIpc) is 2.30. The molecule has 0 radical (unpaired) electrons. The molecule has 100 valence electrons. The van der Waals surface area contributed by atoms with Crippen LogP contribution in [-0.4, -0.2) is 26.2 Å². The normalized spacial score (nSPS) is 8.12. The van der Waals surface area contributed by atoms with Crippen LogP contribution in [0.25, 0.3) is 0 Å². The fourth-order valence-electron chi connectivity index (χ4n) is 0.381. The van der Waals surface area contributed by atoms with Crippen LogP contribution in [0.3, 0.4) is 0 Å². The van der Waals surface area contributed by atoms with Crippen LogP contribution in [0, 0.1) is 0 Å². The molecule has 0 spiro atoms. The summed E-state index contributed by atoms with van der Waals surface area (Å²) in [5, 5.41) is 2.46. The van der Waals surface area contributed by atoms with Crippen molar-refractivity contribution < 1.29 is 9.53 Å². The maximum Gasteiger partial charge on any atom is 0.245 e. The zero-order valence-corrected chi connectivity index (χ0v) is 12.1. The molecule has 0 bridgehead atoms. The van der Waals surface area contributed by atoms with Crippen LogP contribution in [0.4, 0.5) is 0 Å². The number of likely N-dealkylation sites (N-methyl/N-ethyl adjacent to an activating group) is 1. The Morgan fingerprint density at radius 1 is 1.00 bits per heavy atom. The van der Waals surface area contributed by atoms with E-state index in [9.17, 15) is 4.79 Å². The van der Waals surface area contributed by atoms with Crippen molar-refractivity contribution >= 4 is 5.91 Å². The molecule has 0 aromatic rings. The maximum absolute atomic E-state index is 10.5. The van der Waals surface area contributed by atoms with Crippen molar-refractivity contribution in [2.45, 2.75) is 60.3 Å². The van der Waals surface area contributed by atoms with Crippen molar-refractivity contribution in [2.24, 2.45) is 0 Å². The lowest BCUT2D eigenvalue weighted by molar-refractivity contribution is -0.125. The second kappa shape index (κ2) is 23.9. The Morgan fingerprint density at radius 3 is 1.69 bits per heavy atom. The molecule has 0 unspecified atom stereocenters. The molecule has 0 aromatic carbocycles. The first-order chi connectivity index (χ1) is 7.64. The summed E-state index contributed by atoms with van der Waals surface area (Å²) in [6, 6.07) is 0. The largest absolute Gasteiger partial charge is 0.372 e. The zero-order chi connectivity index (χ0) is 13.2. The van der Waals surface area contributed by atoms with Gasteiger partial charge in [0.2, 0.25) is 5.91 Å². The number of hydrogen-bond donors (Lipinski definition) is 1. The topological polar surface area (TPSA) is 38.3 Å². The quantitative estimate of drug-likeness (QED) is 0.739. The van der Waals surface area contributed by atoms with E-state index < -0.39 is 0 Å². The van der Waals surface area contributed by atoms with Gasteiger partial charge in [0.05, 0.1) is 0 Å². The highest BCUT2D eigenvalue weighted by Crippen LogP contribution is 1.78. The number of rotatable bonds is 5. The molecule has 0 rings (SSSR count). The third-order valence-corrected chi connectivity index (χ3v) is 1.36. The van der Waals surface area contributed by atoms with Gasteiger partial charge in [0, 0.05) is 13.7 Å². The van der Waals surface area contributed by atoms with Crippen molar-refractivity contribution in [1.82, 2.24) is 5.32 Å². The van der Waals surface area contributed by atoms with Gasteiger partial charge < -0.3 is 10.1 Å². The number of ether oxygens (including phenoxy) is 1. The smallest absolute Gasteiger partial charge is 0.245 e. The molecule has 0 atom stereocenters. The molecule has 3 nitrogen and oxygen atoms in total. The van der Waals surface area contributed by atoms with Gasteiger partial charge in [-0.2, -0.15) is 0 Å². The van der Waals surface area contributed by atoms with Crippen LogP contribution in [0.5, 0.6) is 0 Å². The van der Waals surface area contributed by atoms with Crippen LogP contribution < -0.4 is 5.32 Å². The summed E-state index contributed by atoms with van der Waals surface area (Å²) in [6.07, 6.45) is 4.84. The molecule has 3 heteroatoms. The van der Waals surface area contributed by atoms with E-state index in [4.69, 9.17) is 4.74 Å². The minimum atomic E-state index is -0.0662. The molecule has 0 aromatic heterocycles. The molecule has 0 saturated carbocycles. The van der Waals surface area contributed by atoms with E-state index >= 15 is 0 Å². The van der Waals surface area contributed by atoms with E-state index in [0.29, 0.717) is 6.61 Å². The fraction of sp³-hybridized carbons (Fsp3) is 0.923. The lowest BCUT2D eigenvalue weighted by Gasteiger charge is -1.98. The van der Waals surface area contributed by atoms with E-state index in [1.165, 1.54) is 19.3 Å². The highest BCUT2D eigenvalue weighted by Gasteiger charge is 1.93. The SMILES string of the molecule is CCC.CCCC.CCCOCC(=O)NC. The molecule has 0 aliphatic heterocycles. The van der Waals surface area contributed by atoms with E-state index in [1.54, 1.807) is 7.05 Å². The molecule has 0 aliphatic rings. The van der Waals surface area contributed by atoms with Crippen LogP contribution in [0.15, 0.2) is 0 Å². The highest BCUT2D eigenvalue weighted by molar-refractivity contribution is 5.76. The van der Waals surface area contributed by atoms with Crippen LogP contribution in [0.2, 0.25) is 0 Å². The minimum absolute atomic E-state index is 0.0662. The molecule has 1 N–H and O–H groups in total. The summed E-state index contributed by atoms with van der Waals surface area (Å²) in [5.41, 5.74) is 0. The Balaban J connectivity index is -0.000000201. The predicted octanol–water partition coefficient (Wildman–Crippen LogP) is 3.38. The molecular formula is C13H31NO2. The summed E-state index contributed by atoms with van der Waals surface area (Å²) >= 11 is 0. The second-order valence-corrected chi connectivity index (χ2v) is 3.43. The predicted molar refractivity (Wildman–Crippen MR) is 71.7 cm³/mol. The van der Waals surface area contributed by atoms with E-state index in [1.807, 2.05) is 6.92 Å². The zero-order valence-electron chi connectivity index (χ0n) is 12.1. The molecule has 0 aliphatic carbocycles. The molecule has 0 fully saturated rings. The van der Waals surface area contributed by atoms with Gasteiger partial charge in [-0.25, -0.2) is 0 Å². The van der Waals surface area contributed by atoms with E-state index in [-0.39, 0.29) is 12.5 Å². The van der Waals surface area contributed by atoms with Gasteiger partial charge in [-0.15, -0.1) is 0 Å². The number of hydrogen-bond acceptors (Lipinski definition) is 2. The van der Waals surface area contributed by atoms with Gasteiger partial charge in [-0.3, -0.25) is 4.79 Å². The van der Waals surface area contributed by atoms with E-state index in [2.05, 4.69) is 33.0 Å². The summed E-state index contributed by atoms with van der Waals surface area (Å²) in [4.78, 5) is 10.5. The van der Waals surface area contributed by atoms with Crippen molar-refractivity contribution in [3.05, 3.63) is 0 Å².